The van der Waals surface area contributed by atoms with Crippen LogP contribution in [0.25, 0.3) is 0 Å². The Morgan fingerprint density at radius 3 is 1.92 bits per heavy atom. The minimum absolute atomic E-state index is 0.0320. The zero-order valence-corrected chi connectivity index (χ0v) is 23.3. The van der Waals surface area contributed by atoms with Crippen LogP contribution in [0.5, 0.6) is 0 Å². The molecule has 1 N–H and O–H groups in total. The number of hydrogen-bond acceptors (Lipinski definition) is 4. The molecule has 3 atom stereocenters. The van der Waals surface area contributed by atoms with Gasteiger partial charge in [0.15, 0.2) is 0 Å². The lowest BCUT2D eigenvalue weighted by Crippen LogP contribution is -2.58. The van der Waals surface area contributed by atoms with Gasteiger partial charge in [-0.1, -0.05) is 54.6 Å². The quantitative estimate of drug-likeness (QED) is 0.288. The summed E-state index contributed by atoms with van der Waals surface area (Å²) in [5.41, 5.74) is 3.39. The Hall–Kier alpha value is -2.25. The van der Waals surface area contributed by atoms with Gasteiger partial charge in [-0.05, 0) is 73.6 Å². The zero-order chi connectivity index (χ0) is 26.9. The van der Waals surface area contributed by atoms with Crippen molar-refractivity contribution in [3.8, 4) is 0 Å². The molecule has 6 heteroatoms. The van der Waals surface area contributed by atoms with E-state index in [1.807, 2.05) is 42.1 Å². The van der Waals surface area contributed by atoms with Gasteiger partial charge in [0.1, 0.15) is 11.6 Å². The maximum Gasteiger partial charge on any atom is 0.123 e. The number of aliphatic hydroxyl groups excluding tert-OH is 1. The molecule has 0 spiro atoms. The number of hydrogen-bond donors (Lipinski definition) is 1. The summed E-state index contributed by atoms with van der Waals surface area (Å²) in [7, 11) is 0. The highest BCUT2D eigenvalue weighted by Crippen LogP contribution is 2.36. The highest BCUT2D eigenvalue weighted by Gasteiger charge is 2.31. The molecule has 0 aliphatic carbocycles. The molecular formula is C32H40F2N2OS. The van der Waals surface area contributed by atoms with Gasteiger partial charge >= 0.3 is 0 Å². The predicted molar refractivity (Wildman–Crippen MR) is 155 cm³/mol. The molecule has 1 aliphatic heterocycles. The van der Waals surface area contributed by atoms with E-state index >= 15 is 0 Å². The van der Waals surface area contributed by atoms with Gasteiger partial charge in [-0.2, -0.15) is 0 Å². The first-order chi connectivity index (χ1) is 18.4. The van der Waals surface area contributed by atoms with Crippen LogP contribution in [0.2, 0.25) is 0 Å². The molecule has 4 rings (SSSR count). The summed E-state index contributed by atoms with van der Waals surface area (Å²) in [5.74, 6) is 0.867. The highest BCUT2D eigenvalue weighted by molar-refractivity contribution is 7.99. The molecule has 1 unspecified atom stereocenters. The van der Waals surface area contributed by atoms with E-state index in [1.165, 1.54) is 29.8 Å². The number of thioether (sulfide) groups is 1. The lowest BCUT2D eigenvalue weighted by molar-refractivity contribution is 0.0273. The van der Waals surface area contributed by atoms with Gasteiger partial charge in [-0.25, -0.2) is 8.78 Å². The summed E-state index contributed by atoms with van der Waals surface area (Å²) in [6, 6.07) is 24.8. The fourth-order valence-corrected chi connectivity index (χ4v) is 6.95. The van der Waals surface area contributed by atoms with E-state index in [0.717, 1.165) is 55.9 Å². The summed E-state index contributed by atoms with van der Waals surface area (Å²) in [6.45, 7) is 8.84. The van der Waals surface area contributed by atoms with Crippen LogP contribution in [-0.2, 0) is 6.42 Å². The lowest BCUT2D eigenvalue weighted by Gasteiger charge is -2.46. The second-order valence-corrected chi connectivity index (χ2v) is 11.8. The van der Waals surface area contributed by atoms with Crippen molar-refractivity contribution in [2.75, 3.05) is 38.5 Å². The third-order valence-electron chi connectivity index (χ3n) is 7.59. The van der Waals surface area contributed by atoms with Gasteiger partial charge in [0.25, 0.3) is 0 Å². The fourth-order valence-electron chi connectivity index (χ4n) is 5.65. The number of benzene rings is 3. The first-order valence-corrected chi connectivity index (χ1v) is 14.7. The number of rotatable bonds is 12. The molecule has 0 radical (unpaired) electrons. The van der Waals surface area contributed by atoms with E-state index in [2.05, 4.69) is 47.9 Å². The molecule has 0 saturated carbocycles. The van der Waals surface area contributed by atoms with Gasteiger partial charge < -0.3 is 5.11 Å². The minimum Gasteiger partial charge on any atom is -0.396 e. The van der Waals surface area contributed by atoms with Gasteiger partial charge in [0.05, 0.1) is 5.25 Å². The molecule has 204 valence electrons. The van der Waals surface area contributed by atoms with Crippen LogP contribution in [0, 0.1) is 17.6 Å². The van der Waals surface area contributed by atoms with Crippen LogP contribution in [0.1, 0.15) is 42.2 Å². The lowest BCUT2D eigenvalue weighted by atomic mass is 9.94. The normalized spacial score (nSPS) is 19.6. The van der Waals surface area contributed by atoms with Gasteiger partial charge in [-0.15, -0.1) is 11.8 Å². The largest absolute Gasteiger partial charge is 0.396 e. The Kier molecular flexibility index (Phi) is 10.8. The summed E-state index contributed by atoms with van der Waals surface area (Å²) < 4.78 is 27.1. The number of aliphatic hydroxyl groups is 1. The van der Waals surface area contributed by atoms with Crippen molar-refractivity contribution in [3.63, 3.8) is 0 Å². The molecule has 3 aromatic carbocycles. The number of halogens is 2. The number of nitrogens with zero attached hydrogens (tertiary/aromatic N) is 2. The molecule has 1 saturated heterocycles. The molecule has 38 heavy (non-hydrogen) atoms. The van der Waals surface area contributed by atoms with Gasteiger partial charge in [-0.3, -0.25) is 9.80 Å². The van der Waals surface area contributed by atoms with Crippen molar-refractivity contribution in [1.29, 1.82) is 0 Å². The number of piperazine rings is 1. The molecule has 1 heterocycles. The average molecular weight is 539 g/mol. The first-order valence-electron chi connectivity index (χ1n) is 13.7. The van der Waals surface area contributed by atoms with Crippen molar-refractivity contribution in [2.24, 2.45) is 5.92 Å². The van der Waals surface area contributed by atoms with Crippen molar-refractivity contribution in [3.05, 3.63) is 107 Å². The van der Waals surface area contributed by atoms with Gasteiger partial charge in [0.2, 0.25) is 0 Å². The third-order valence-corrected chi connectivity index (χ3v) is 8.88. The molecule has 0 aromatic heterocycles. The average Bonchev–Trinajstić information content (AvgIpc) is 2.91. The Labute approximate surface area is 230 Å². The standard InChI is InChI=1S/C32H40F2N2OS/c1-24-21-35(22-25(2)36(24)23-27(16-18-37)20-26-6-4-3-5-7-26)17-19-38-32(28-8-12-30(33)13-9-28)29-10-14-31(34)15-11-29/h3-15,24-25,27,32,37H,16-23H2,1-2H3/t24-,25+,27?. The van der Waals surface area contributed by atoms with Crippen LogP contribution in [-0.4, -0.2) is 65.5 Å². The maximum atomic E-state index is 13.6. The van der Waals surface area contributed by atoms with E-state index in [4.69, 9.17) is 0 Å². The molecule has 0 bridgehead atoms. The molecule has 3 aromatic rings. The Balaban J connectivity index is 1.33. The third kappa shape index (κ3) is 8.12. The summed E-state index contributed by atoms with van der Waals surface area (Å²) in [5, 5.41) is 9.72. The Bertz CT molecular complexity index is 1040. The van der Waals surface area contributed by atoms with Crippen LogP contribution in [0.4, 0.5) is 8.78 Å². The van der Waals surface area contributed by atoms with Crippen molar-refractivity contribution in [2.45, 2.75) is 44.0 Å². The van der Waals surface area contributed by atoms with E-state index in [-0.39, 0.29) is 23.5 Å². The van der Waals surface area contributed by atoms with Crippen LogP contribution in [0.15, 0.2) is 78.9 Å². The summed E-state index contributed by atoms with van der Waals surface area (Å²) >= 11 is 1.83. The Morgan fingerprint density at radius 1 is 0.842 bits per heavy atom. The predicted octanol–water partition coefficient (Wildman–Crippen LogP) is 6.42. The SMILES string of the molecule is C[C@@H]1CN(CCSC(c2ccc(F)cc2)c2ccc(F)cc2)C[C@H](C)N1CC(CCO)Cc1ccccc1. The highest BCUT2D eigenvalue weighted by atomic mass is 32.2. The molecule has 1 fully saturated rings. The van der Waals surface area contributed by atoms with E-state index in [0.29, 0.717) is 18.0 Å². The summed E-state index contributed by atoms with van der Waals surface area (Å²) in [4.78, 5) is 5.16. The molecule has 3 nitrogen and oxygen atoms in total. The Morgan fingerprint density at radius 2 is 1.39 bits per heavy atom. The smallest absolute Gasteiger partial charge is 0.123 e. The van der Waals surface area contributed by atoms with Crippen LogP contribution in [0.3, 0.4) is 0 Å². The molecular weight excluding hydrogens is 498 g/mol. The topological polar surface area (TPSA) is 26.7 Å². The van der Waals surface area contributed by atoms with Crippen LogP contribution < -0.4 is 0 Å². The second-order valence-electron chi connectivity index (χ2n) is 10.6. The van der Waals surface area contributed by atoms with Crippen molar-refractivity contribution >= 4 is 11.8 Å². The minimum atomic E-state index is -0.248. The van der Waals surface area contributed by atoms with E-state index < -0.39 is 0 Å². The second kappa shape index (κ2) is 14.2. The maximum absolute atomic E-state index is 13.6. The van der Waals surface area contributed by atoms with Gasteiger partial charge in [0, 0.05) is 50.6 Å². The van der Waals surface area contributed by atoms with Crippen LogP contribution >= 0.6 is 11.8 Å². The molecule has 0 amide bonds. The monoisotopic (exact) mass is 538 g/mol. The molecule has 1 aliphatic rings. The fraction of sp³-hybridized carbons (Fsp3) is 0.438. The van der Waals surface area contributed by atoms with E-state index in [9.17, 15) is 13.9 Å². The first kappa shape index (κ1) is 28.8. The zero-order valence-electron chi connectivity index (χ0n) is 22.5. The van der Waals surface area contributed by atoms with Crippen molar-refractivity contribution < 1.29 is 13.9 Å². The van der Waals surface area contributed by atoms with E-state index in [1.54, 1.807) is 0 Å². The van der Waals surface area contributed by atoms with Crippen molar-refractivity contribution in [1.82, 2.24) is 9.80 Å². The summed E-state index contributed by atoms with van der Waals surface area (Å²) in [6.07, 6.45) is 1.81.